The van der Waals surface area contributed by atoms with Crippen LogP contribution in [0.5, 0.6) is 5.88 Å². The Morgan fingerprint density at radius 1 is 1.33 bits per heavy atom. The minimum absolute atomic E-state index is 0.264. The van der Waals surface area contributed by atoms with Crippen LogP contribution in [0.4, 0.5) is 11.4 Å². The van der Waals surface area contributed by atoms with Crippen molar-refractivity contribution in [3.05, 3.63) is 46.5 Å². The summed E-state index contributed by atoms with van der Waals surface area (Å²) in [4.78, 5) is 31.6. The standard InChI is InChI=1S/C14H16N4O3/c1-18(2)10-6-7-15-14(21-3)12(10)17-13(20)9-4-5-11(19)16-8-9/h4-8H,1-3H3,(H,16,19)(H,17,20). The smallest absolute Gasteiger partial charge is 0.257 e. The molecule has 7 nitrogen and oxygen atoms in total. The van der Waals surface area contributed by atoms with Gasteiger partial charge in [0.05, 0.1) is 18.4 Å². The molecule has 0 unspecified atom stereocenters. The number of anilines is 2. The Morgan fingerprint density at radius 3 is 2.67 bits per heavy atom. The number of methoxy groups -OCH3 is 1. The lowest BCUT2D eigenvalue weighted by Gasteiger charge is -2.19. The van der Waals surface area contributed by atoms with Gasteiger partial charge in [-0.1, -0.05) is 0 Å². The monoisotopic (exact) mass is 288 g/mol. The number of hydrogen-bond acceptors (Lipinski definition) is 5. The fourth-order valence-electron chi connectivity index (χ4n) is 1.82. The number of hydrogen-bond donors (Lipinski definition) is 2. The van der Waals surface area contributed by atoms with Crippen LogP contribution >= 0.6 is 0 Å². The number of carbonyl (C=O) groups is 1. The fraction of sp³-hybridized carbons (Fsp3) is 0.214. The maximum atomic E-state index is 12.2. The minimum atomic E-state index is -0.361. The van der Waals surface area contributed by atoms with Crippen molar-refractivity contribution in [1.29, 1.82) is 0 Å². The largest absolute Gasteiger partial charge is 0.479 e. The van der Waals surface area contributed by atoms with Crippen LogP contribution in [0.2, 0.25) is 0 Å². The van der Waals surface area contributed by atoms with Gasteiger partial charge in [-0.25, -0.2) is 4.98 Å². The second-order valence-electron chi connectivity index (χ2n) is 4.50. The zero-order valence-electron chi connectivity index (χ0n) is 12.0. The predicted molar refractivity (Wildman–Crippen MR) is 80.1 cm³/mol. The molecule has 0 bridgehead atoms. The summed E-state index contributed by atoms with van der Waals surface area (Å²) >= 11 is 0. The number of nitrogens with zero attached hydrogens (tertiary/aromatic N) is 2. The number of ether oxygens (including phenoxy) is 1. The highest BCUT2D eigenvalue weighted by atomic mass is 16.5. The van der Waals surface area contributed by atoms with Gasteiger partial charge >= 0.3 is 0 Å². The van der Waals surface area contributed by atoms with Gasteiger partial charge in [0, 0.05) is 32.6 Å². The third kappa shape index (κ3) is 3.19. The Kier molecular flexibility index (Phi) is 4.22. The molecule has 1 amide bonds. The average Bonchev–Trinajstić information content (AvgIpc) is 2.47. The van der Waals surface area contributed by atoms with Gasteiger partial charge in [-0.2, -0.15) is 0 Å². The highest BCUT2D eigenvalue weighted by molar-refractivity contribution is 6.06. The third-order valence-electron chi connectivity index (χ3n) is 2.85. The summed E-state index contributed by atoms with van der Waals surface area (Å²) < 4.78 is 5.18. The van der Waals surface area contributed by atoms with Crippen molar-refractivity contribution in [1.82, 2.24) is 9.97 Å². The highest BCUT2D eigenvalue weighted by Crippen LogP contribution is 2.32. The molecule has 0 spiro atoms. The van der Waals surface area contributed by atoms with Gasteiger partial charge < -0.3 is 19.9 Å². The Hall–Kier alpha value is -2.83. The average molecular weight is 288 g/mol. The number of carbonyl (C=O) groups excluding carboxylic acids is 1. The van der Waals surface area contributed by atoms with E-state index in [1.165, 1.54) is 25.4 Å². The van der Waals surface area contributed by atoms with Crippen LogP contribution in [0.15, 0.2) is 35.4 Å². The number of nitrogens with one attached hydrogen (secondary N) is 2. The fourth-order valence-corrected chi connectivity index (χ4v) is 1.82. The van der Waals surface area contributed by atoms with Crippen LogP contribution in [0.1, 0.15) is 10.4 Å². The van der Waals surface area contributed by atoms with Crippen LogP contribution in [-0.2, 0) is 0 Å². The Bertz CT molecular complexity index is 689. The van der Waals surface area contributed by atoms with Crippen LogP contribution in [0.25, 0.3) is 0 Å². The van der Waals surface area contributed by atoms with E-state index in [2.05, 4.69) is 15.3 Å². The van der Waals surface area contributed by atoms with E-state index in [4.69, 9.17) is 4.74 Å². The normalized spacial score (nSPS) is 10.0. The summed E-state index contributed by atoms with van der Waals surface area (Å²) in [6, 6.07) is 4.51. The predicted octanol–water partition coefficient (Wildman–Crippen LogP) is 1.10. The molecule has 0 aromatic carbocycles. The van der Waals surface area contributed by atoms with Crippen LogP contribution in [0.3, 0.4) is 0 Å². The van der Waals surface area contributed by atoms with Crippen molar-refractivity contribution >= 4 is 17.3 Å². The first-order chi connectivity index (χ1) is 10.0. The molecule has 110 valence electrons. The van der Waals surface area contributed by atoms with Gasteiger partial charge in [-0.15, -0.1) is 0 Å². The molecular weight excluding hydrogens is 272 g/mol. The molecule has 2 N–H and O–H groups in total. The molecule has 0 fully saturated rings. The summed E-state index contributed by atoms with van der Waals surface area (Å²) in [6.07, 6.45) is 2.96. The number of pyridine rings is 2. The van der Waals surface area contributed by atoms with Crippen LogP contribution in [0, 0.1) is 0 Å². The first kappa shape index (κ1) is 14.6. The van der Waals surface area contributed by atoms with Gasteiger partial charge in [0.2, 0.25) is 11.4 Å². The first-order valence-corrected chi connectivity index (χ1v) is 6.23. The topological polar surface area (TPSA) is 87.3 Å². The summed E-state index contributed by atoms with van der Waals surface area (Å²) in [7, 11) is 5.19. The molecule has 0 aliphatic rings. The van der Waals surface area contributed by atoms with Crippen LogP contribution < -0.4 is 20.5 Å². The van der Waals surface area contributed by atoms with E-state index in [-0.39, 0.29) is 11.5 Å². The maximum absolute atomic E-state index is 12.2. The number of aromatic nitrogens is 2. The SMILES string of the molecule is COc1nccc(N(C)C)c1NC(=O)c1ccc(=O)[nH]c1. The zero-order valence-corrected chi connectivity index (χ0v) is 12.0. The molecule has 0 saturated carbocycles. The van der Waals surface area contributed by atoms with Gasteiger partial charge in [0.15, 0.2) is 0 Å². The molecular formula is C14H16N4O3. The highest BCUT2D eigenvalue weighted by Gasteiger charge is 2.16. The van der Waals surface area contributed by atoms with Crippen molar-refractivity contribution in [3.8, 4) is 5.88 Å². The molecule has 7 heteroatoms. The van der Waals surface area contributed by atoms with Crippen molar-refractivity contribution in [3.63, 3.8) is 0 Å². The first-order valence-electron chi connectivity index (χ1n) is 6.23. The second-order valence-corrected chi connectivity index (χ2v) is 4.50. The molecule has 2 aromatic heterocycles. The Morgan fingerprint density at radius 2 is 2.10 bits per heavy atom. The molecule has 0 aliphatic heterocycles. The van der Waals surface area contributed by atoms with Gasteiger partial charge in [-0.05, 0) is 12.1 Å². The number of aromatic amines is 1. The molecule has 0 saturated heterocycles. The lowest BCUT2D eigenvalue weighted by atomic mass is 10.2. The lowest BCUT2D eigenvalue weighted by Crippen LogP contribution is -2.19. The molecule has 2 rings (SSSR count). The van der Waals surface area contributed by atoms with Gasteiger partial charge in [0.1, 0.15) is 5.69 Å². The second kappa shape index (κ2) is 6.08. The van der Waals surface area contributed by atoms with Gasteiger partial charge in [0.25, 0.3) is 5.91 Å². The van der Waals surface area contributed by atoms with Crippen molar-refractivity contribution < 1.29 is 9.53 Å². The zero-order chi connectivity index (χ0) is 15.4. The lowest BCUT2D eigenvalue weighted by molar-refractivity contribution is 0.102. The van der Waals surface area contributed by atoms with Gasteiger partial charge in [-0.3, -0.25) is 9.59 Å². The van der Waals surface area contributed by atoms with E-state index < -0.39 is 0 Å². The quantitative estimate of drug-likeness (QED) is 0.879. The van der Waals surface area contributed by atoms with Crippen molar-refractivity contribution in [2.24, 2.45) is 0 Å². The minimum Gasteiger partial charge on any atom is -0.479 e. The molecule has 2 aromatic rings. The summed E-state index contributed by atoms with van der Waals surface area (Å²) in [6.45, 7) is 0. The molecule has 2 heterocycles. The number of amides is 1. The van der Waals surface area contributed by atoms with E-state index in [0.29, 0.717) is 17.1 Å². The van der Waals surface area contributed by atoms with Crippen molar-refractivity contribution in [2.45, 2.75) is 0 Å². The third-order valence-corrected chi connectivity index (χ3v) is 2.85. The maximum Gasteiger partial charge on any atom is 0.257 e. The summed E-state index contributed by atoms with van der Waals surface area (Å²) in [5, 5.41) is 2.76. The Labute approximate surface area is 121 Å². The molecule has 21 heavy (non-hydrogen) atoms. The molecule has 0 atom stereocenters. The molecule has 0 aliphatic carbocycles. The Balaban J connectivity index is 2.36. The van der Waals surface area contributed by atoms with Crippen LogP contribution in [-0.4, -0.2) is 37.1 Å². The number of rotatable bonds is 4. The number of H-pyrrole nitrogens is 1. The molecule has 0 radical (unpaired) electrons. The van der Waals surface area contributed by atoms with E-state index in [1.54, 1.807) is 12.3 Å². The summed E-state index contributed by atoms with van der Waals surface area (Å²) in [5.41, 5.74) is 1.31. The van der Waals surface area contributed by atoms with E-state index in [1.807, 2.05) is 19.0 Å². The van der Waals surface area contributed by atoms with E-state index in [9.17, 15) is 9.59 Å². The van der Waals surface area contributed by atoms with Crippen molar-refractivity contribution in [2.75, 3.05) is 31.4 Å². The van der Waals surface area contributed by atoms with E-state index >= 15 is 0 Å². The summed E-state index contributed by atoms with van der Waals surface area (Å²) in [5.74, 6) is -0.0420. The van der Waals surface area contributed by atoms with E-state index in [0.717, 1.165) is 5.69 Å².